The highest BCUT2D eigenvalue weighted by atomic mass is 16.5. The Hall–Kier alpha value is -3.25. The van der Waals surface area contributed by atoms with Gasteiger partial charge in [-0.1, -0.05) is 48.5 Å². The van der Waals surface area contributed by atoms with Crippen molar-refractivity contribution >= 4 is 22.6 Å². The van der Waals surface area contributed by atoms with E-state index in [4.69, 9.17) is 4.74 Å². The number of pyridine rings is 1. The first kappa shape index (κ1) is 18.1. The van der Waals surface area contributed by atoms with Crippen LogP contribution in [0.2, 0.25) is 0 Å². The number of hydrogen-bond acceptors (Lipinski definition) is 4. The van der Waals surface area contributed by atoms with Gasteiger partial charge in [-0.05, 0) is 22.6 Å². The molecule has 2 aromatic carbocycles. The minimum atomic E-state index is -0.762. The molecule has 0 unspecified atom stereocenters. The molecule has 142 valence electrons. The van der Waals surface area contributed by atoms with Crippen LogP contribution in [0.3, 0.4) is 0 Å². The molecule has 2 amide bonds. The number of aromatic nitrogens is 1. The van der Waals surface area contributed by atoms with E-state index in [0.29, 0.717) is 6.54 Å². The van der Waals surface area contributed by atoms with Crippen molar-refractivity contribution in [2.45, 2.75) is 18.7 Å². The van der Waals surface area contributed by atoms with E-state index in [9.17, 15) is 9.59 Å². The summed E-state index contributed by atoms with van der Waals surface area (Å²) in [5.74, 6) is -0.387. The summed E-state index contributed by atoms with van der Waals surface area (Å²) in [6, 6.07) is 16.8. The fourth-order valence-corrected chi connectivity index (χ4v) is 3.56. The van der Waals surface area contributed by atoms with Gasteiger partial charge in [-0.2, -0.15) is 0 Å². The normalized spacial score (nSPS) is 19.2. The first-order chi connectivity index (χ1) is 13.6. The average molecular weight is 375 g/mol. The first-order valence-corrected chi connectivity index (χ1v) is 9.16. The molecule has 0 aliphatic carbocycles. The van der Waals surface area contributed by atoms with E-state index in [-0.39, 0.29) is 18.4 Å². The Balaban J connectivity index is 1.57. The summed E-state index contributed by atoms with van der Waals surface area (Å²) >= 11 is 0. The molecule has 0 spiro atoms. The second-order valence-electron chi connectivity index (χ2n) is 6.90. The zero-order valence-corrected chi connectivity index (χ0v) is 15.5. The number of likely N-dealkylation sites (N-methyl/N-ethyl adjacent to an activating group) is 1. The van der Waals surface area contributed by atoms with Gasteiger partial charge in [-0.15, -0.1) is 0 Å². The maximum absolute atomic E-state index is 13.2. The molecule has 1 aromatic heterocycles. The van der Waals surface area contributed by atoms with Gasteiger partial charge in [0.1, 0.15) is 6.61 Å². The van der Waals surface area contributed by atoms with E-state index in [0.717, 1.165) is 21.9 Å². The maximum atomic E-state index is 13.2. The lowest BCUT2D eigenvalue weighted by atomic mass is 9.98. The van der Waals surface area contributed by atoms with Crippen LogP contribution in [0.5, 0.6) is 0 Å². The van der Waals surface area contributed by atoms with Crippen LogP contribution in [-0.2, 0) is 20.9 Å². The van der Waals surface area contributed by atoms with Gasteiger partial charge in [-0.25, -0.2) is 0 Å². The van der Waals surface area contributed by atoms with Crippen LogP contribution >= 0.6 is 0 Å². The lowest BCUT2D eigenvalue weighted by molar-refractivity contribution is -0.154. The fourth-order valence-electron chi connectivity index (χ4n) is 3.56. The van der Waals surface area contributed by atoms with Gasteiger partial charge in [0.2, 0.25) is 5.91 Å². The smallest absolute Gasteiger partial charge is 0.254 e. The van der Waals surface area contributed by atoms with Gasteiger partial charge in [0.15, 0.2) is 6.10 Å². The highest BCUT2D eigenvalue weighted by Crippen LogP contribution is 2.25. The van der Waals surface area contributed by atoms with Crippen molar-refractivity contribution in [2.75, 3.05) is 13.7 Å². The van der Waals surface area contributed by atoms with Crippen molar-refractivity contribution in [3.05, 3.63) is 78.1 Å². The lowest BCUT2D eigenvalue weighted by Crippen LogP contribution is -2.52. The zero-order chi connectivity index (χ0) is 19.5. The van der Waals surface area contributed by atoms with Crippen molar-refractivity contribution in [3.8, 4) is 0 Å². The summed E-state index contributed by atoms with van der Waals surface area (Å²) in [6.07, 6.45) is 2.80. The molecule has 0 saturated carbocycles. The molecule has 4 rings (SSSR count). The summed E-state index contributed by atoms with van der Waals surface area (Å²) in [5.41, 5.74) is 1.88. The molecular weight excluding hydrogens is 354 g/mol. The largest absolute Gasteiger partial charge is 0.356 e. The fraction of sp³-hybridized carbons (Fsp3) is 0.227. The third kappa shape index (κ3) is 3.59. The number of nitrogens with zero attached hydrogens (tertiary/aromatic N) is 2. The number of amides is 2. The van der Waals surface area contributed by atoms with E-state index in [1.165, 1.54) is 0 Å². The molecule has 3 aromatic rings. The van der Waals surface area contributed by atoms with Crippen molar-refractivity contribution in [1.82, 2.24) is 15.2 Å². The molecular formula is C22H21N3O3. The number of benzene rings is 2. The Bertz CT molecular complexity index is 1000. The topological polar surface area (TPSA) is 71.5 Å². The van der Waals surface area contributed by atoms with Crippen LogP contribution in [0.4, 0.5) is 0 Å². The molecule has 1 N–H and O–H groups in total. The quantitative estimate of drug-likeness (QED) is 0.760. The Kier molecular flexibility index (Phi) is 5.04. The number of hydrogen-bond donors (Lipinski definition) is 1. The Morgan fingerprint density at radius 2 is 2.00 bits per heavy atom. The van der Waals surface area contributed by atoms with Crippen LogP contribution in [0, 0.1) is 0 Å². The average Bonchev–Trinajstić information content (AvgIpc) is 2.74. The number of morpholine rings is 1. The summed E-state index contributed by atoms with van der Waals surface area (Å²) in [4.78, 5) is 30.8. The van der Waals surface area contributed by atoms with E-state index in [2.05, 4.69) is 10.3 Å². The molecule has 1 fully saturated rings. The zero-order valence-electron chi connectivity index (χ0n) is 15.5. The molecule has 6 heteroatoms. The van der Waals surface area contributed by atoms with Gasteiger partial charge in [0.25, 0.3) is 5.91 Å². The molecule has 1 aliphatic heterocycles. The van der Waals surface area contributed by atoms with E-state index in [1.54, 1.807) is 18.1 Å². The maximum Gasteiger partial charge on any atom is 0.254 e. The van der Waals surface area contributed by atoms with E-state index in [1.807, 2.05) is 60.8 Å². The van der Waals surface area contributed by atoms with Crippen LogP contribution in [-0.4, -0.2) is 41.5 Å². The van der Waals surface area contributed by atoms with Crippen LogP contribution < -0.4 is 5.32 Å². The first-order valence-electron chi connectivity index (χ1n) is 9.16. The SMILES string of the molecule is CN(Cc1cccc2cnccc12)C(=O)[C@H]1OCC(=O)N[C@@H]1c1ccccc1. The minimum absolute atomic E-state index is 0.118. The number of rotatable bonds is 4. The van der Waals surface area contributed by atoms with Gasteiger partial charge >= 0.3 is 0 Å². The van der Waals surface area contributed by atoms with Gasteiger partial charge in [0.05, 0.1) is 6.04 Å². The standard InChI is InChI=1S/C22H21N3O3/c1-25(13-17-9-5-8-16-12-23-11-10-18(16)17)22(27)21-20(24-19(26)14-28-21)15-6-3-2-4-7-15/h2-12,20-21H,13-14H2,1H3,(H,24,26)/t20-,21+/m1/s1. The second kappa shape index (κ2) is 7.78. The lowest BCUT2D eigenvalue weighted by Gasteiger charge is -2.34. The predicted octanol–water partition coefficient (Wildman–Crippen LogP) is 2.45. The number of ether oxygens (including phenoxy) is 1. The number of nitrogens with one attached hydrogen (secondary N) is 1. The molecule has 0 bridgehead atoms. The van der Waals surface area contributed by atoms with Gasteiger partial charge in [-0.3, -0.25) is 14.6 Å². The van der Waals surface area contributed by atoms with Crippen molar-refractivity contribution in [1.29, 1.82) is 0 Å². The van der Waals surface area contributed by atoms with Crippen molar-refractivity contribution in [2.24, 2.45) is 0 Å². The Morgan fingerprint density at radius 1 is 1.18 bits per heavy atom. The number of carbonyl (C=O) groups excluding carboxylic acids is 2. The predicted molar refractivity (Wildman–Crippen MR) is 105 cm³/mol. The number of carbonyl (C=O) groups is 2. The molecule has 1 aliphatic rings. The number of fused-ring (bicyclic) bond motifs is 1. The van der Waals surface area contributed by atoms with Crippen LogP contribution in [0.15, 0.2) is 67.0 Å². The summed E-state index contributed by atoms with van der Waals surface area (Å²) in [6.45, 7) is 0.322. The third-order valence-electron chi connectivity index (χ3n) is 4.97. The monoisotopic (exact) mass is 375 g/mol. The molecule has 6 nitrogen and oxygen atoms in total. The van der Waals surface area contributed by atoms with Crippen molar-refractivity contribution in [3.63, 3.8) is 0 Å². The highest BCUT2D eigenvalue weighted by molar-refractivity contribution is 5.88. The minimum Gasteiger partial charge on any atom is -0.356 e. The molecule has 1 saturated heterocycles. The van der Waals surface area contributed by atoms with Gasteiger partial charge < -0.3 is 15.0 Å². The third-order valence-corrected chi connectivity index (χ3v) is 4.97. The summed E-state index contributed by atoms with van der Waals surface area (Å²) < 4.78 is 5.65. The van der Waals surface area contributed by atoms with Crippen LogP contribution in [0.1, 0.15) is 17.2 Å². The molecule has 2 heterocycles. The second-order valence-corrected chi connectivity index (χ2v) is 6.90. The van der Waals surface area contributed by atoms with E-state index < -0.39 is 12.1 Å². The van der Waals surface area contributed by atoms with Gasteiger partial charge in [0, 0.05) is 31.4 Å². The van der Waals surface area contributed by atoms with Crippen molar-refractivity contribution < 1.29 is 14.3 Å². The Morgan fingerprint density at radius 3 is 2.82 bits per heavy atom. The Labute approximate surface area is 163 Å². The summed E-state index contributed by atoms with van der Waals surface area (Å²) in [7, 11) is 1.75. The van der Waals surface area contributed by atoms with Crippen LogP contribution in [0.25, 0.3) is 10.8 Å². The van der Waals surface area contributed by atoms with E-state index >= 15 is 0 Å². The molecule has 28 heavy (non-hydrogen) atoms. The molecule has 0 radical (unpaired) electrons. The highest BCUT2D eigenvalue weighted by Gasteiger charge is 2.37. The summed E-state index contributed by atoms with van der Waals surface area (Å²) in [5, 5.41) is 4.99. The molecule has 2 atom stereocenters.